The van der Waals surface area contributed by atoms with Gasteiger partial charge in [-0.05, 0) is 56.3 Å². The van der Waals surface area contributed by atoms with Crippen LogP contribution in [0.4, 0.5) is 0 Å². The van der Waals surface area contributed by atoms with Gasteiger partial charge in [0.2, 0.25) is 0 Å². The minimum Gasteiger partial charge on any atom is -0.339 e. The maximum absolute atomic E-state index is 12.5. The van der Waals surface area contributed by atoms with Crippen molar-refractivity contribution in [3.05, 3.63) is 34.9 Å². The number of hydrogen-bond donors (Lipinski definition) is 0. The second kappa shape index (κ2) is 7.01. The molecule has 3 nitrogen and oxygen atoms in total. The lowest BCUT2D eigenvalue weighted by Gasteiger charge is -2.41. The molecule has 22 heavy (non-hydrogen) atoms. The highest BCUT2D eigenvalue weighted by Crippen LogP contribution is 2.24. The molecule has 2 aliphatic heterocycles. The number of hydrogen-bond acceptors (Lipinski definition) is 2. The molecule has 0 spiro atoms. The Kier molecular flexibility index (Phi) is 5.04. The van der Waals surface area contributed by atoms with E-state index >= 15 is 0 Å². The molecule has 0 radical (unpaired) electrons. The maximum atomic E-state index is 12.5. The number of piperidine rings is 2. The quantitative estimate of drug-likeness (QED) is 0.830. The van der Waals surface area contributed by atoms with Crippen molar-refractivity contribution in [2.24, 2.45) is 5.92 Å². The minimum atomic E-state index is 0.118. The number of carbonyl (C=O) groups is 1. The summed E-state index contributed by atoms with van der Waals surface area (Å²) in [5.74, 6) is 0.938. The lowest BCUT2D eigenvalue weighted by Crippen LogP contribution is -2.49. The smallest absolute Gasteiger partial charge is 0.253 e. The Balaban J connectivity index is 1.56. The van der Waals surface area contributed by atoms with E-state index in [1.54, 1.807) is 6.07 Å². The Hall–Kier alpha value is -1.06. The van der Waals surface area contributed by atoms with E-state index in [9.17, 15) is 4.79 Å². The van der Waals surface area contributed by atoms with E-state index in [1.165, 1.54) is 25.9 Å². The number of rotatable bonds is 2. The molecule has 0 aromatic heterocycles. The van der Waals surface area contributed by atoms with Crippen LogP contribution in [0.25, 0.3) is 0 Å². The van der Waals surface area contributed by atoms with E-state index < -0.39 is 0 Å². The largest absolute Gasteiger partial charge is 0.339 e. The van der Waals surface area contributed by atoms with Gasteiger partial charge in [-0.3, -0.25) is 9.69 Å². The standard InChI is InChI=1S/C18H25ClN2O/c1-14-4-3-9-21(13-14)17-7-10-20(11-8-17)18(22)15-5-2-6-16(19)12-15/h2,5-6,12,14,17H,3-4,7-11,13H2,1H3. The molecule has 2 heterocycles. The van der Waals surface area contributed by atoms with Gasteiger partial charge in [0.15, 0.2) is 0 Å². The Morgan fingerprint density at radius 2 is 1.95 bits per heavy atom. The molecule has 1 atom stereocenters. The SMILES string of the molecule is CC1CCCN(C2CCN(C(=O)c3cccc(Cl)c3)CC2)C1. The van der Waals surface area contributed by atoms with Crippen molar-refractivity contribution in [2.75, 3.05) is 26.2 Å². The minimum absolute atomic E-state index is 0.118. The first-order valence-corrected chi connectivity index (χ1v) is 8.80. The monoisotopic (exact) mass is 320 g/mol. The average molecular weight is 321 g/mol. The summed E-state index contributed by atoms with van der Waals surface area (Å²) in [6, 6.07) is 7.93. The number of amides is 1. The Morgan fingerprint density at radius 1 is 1.18 bits per heavy atom. The summed E-state index contributed by atoms with van der Waals surface area (Å²) >= 11 is 5.99. The van der Waals surface area contributed by atoms with Gasteiger partial charge in [-0.25, -0.2) is 0 Å². The molecular formula is C18H25ClN2O. The van der Waals surface area contributed by atoms with Crippen molar-refractivity contribution in [3.63, 3.8) is 0 Å². The second-order valence-corrected chi connectivity index (χ2v) is 7.21. The van der Waals surface area contributed by atoms with E-state index in [-0.39, 0.29) is 5.91 Å². The van der Waals surface area contributed by atoms with Gasteiger partial charge in [-0.1, -0.05) is 24.6 Å². The van der Waals surface area contributed by atoms with Crippen molar-refractivity contribution in [3.8, 4) is 0 Å². The first-order valence-electron chi connectivity index (χ1n) is 8.42. The van der Waals surface area contributed by atoms with Crippen LogP contribution in [0.3, 0.4) is 0 Å². The zero-order valence-corrected chi connectivity index (χ0v) is 14.1. The molecule has 0 saturated carbocycles. The molecule has 3 rings (SSSR count). The molecule has 1 unspecified atom stereocenters. The zero-order valence-electron chi connectivity index (χ0n) is 13.3. The summed E-state index contributed by atoms with van der Waals surface area (Å²) in [5, 5.41) is 0.628. The average Bonchev–Trinajstić information content (AvgIpc) is 2.54. The second-order valence-electron chi connectivity index (χ2n) is 6.78. The summed E-state index contributed by atoms with van der Waals surface area (Å²) in [5.41, 5.74) is 0.706. The molecule has 2 saturated heterocycles. The highest BCUT2D eigenvalue weighted by molar-refractivity contribution is 6.30. The summed E-state index contributed by atoms with van der Waals surface area (Å²) in [6.45, 7) is 6.54. The lowest BCUT2D eigenvalue weighted by molar-refractivity contribution is 0.0542. The third kappa shape index (κ3) is 3.64. The topological polar surface area (TPSA) is 23.6 Å². The van der Waals surface area contributed by atoms with Crippen molar-refractivity contribution in [1.82, 2.24) is 9.80 Å². The van der Waals surface area contributed by atoms with Crippen molar-refractivity contribution in [1.29, 1.82) is 0 Å². The van der Waals surface area contributed by atoms with Gasteiger partial charge in [0, 0.05) is 36.3 Å². The molecule has 1 aromatic carbocycles. The van der Waals surface area contributed by atoms with Crippen LogP contribution in [0.2, 0.25) is 5.02 Å². The maximum Gasteiger partial charge on any atom is 0.253 e. The van der Waals surface area contributed by atoms with Crippen molar-refractivity contribution in [2.45, 2.75) is 38.6 Å². The van der Waals surface area contributed by atoms with Gasteiger partial charge >= 0.3 is 0 Å². The fraction of sp³-hybridized carbons (Fsp3) is 0.611. The van der Waals surface area contributed by atoms with Crippen LogP contribution in [-0.4, -0.2) is 47.9 Å². The molecule has 2 fully saturated rings. The van der Waals surface area contributed by atoms with Crippen LogP contribution >= 0.6 is 11.6 Å². The van der Waals surface area contributed by atoms with E-state index in [2.05, 4.69) is 11.8 Å². The molecule has 1 aromatic rings. The molecule has 2 aliphatic rings. The van der Waals surface area contributed by atoms with Gasteiger partial charge in [0.25, 0.3) is 5.91 Å². The Bertz CT molecular complexity index is 526. The number of nitrogens with zero attached hydrogens (tertiary/aromatic N) is 2. The van der Waals surface area contributed by atoms with Gasteiger partial charge in [0.1, 0.15) is 0 Å². The van der Waals surface area contributed by atoms with E-state index in [0.29, 0.717) is 16.6 Å². The fourth-order valence-corrected chi connectivity index (χ4v) is 3.99. The summed E-state index contributed by atoms with van der Waals surface area (Å²) in [4.78, 5) is 17.2. The lowest BCUT2D eigenvalue weighted by atomic mass is 9.95. The van der Waals surface area contributed by atoms with Crippen LogP contribution < -0.4 is 0 Å². The predicted molar refractivity (Wildman–Crippen MR) is 90.3 cm³/mol. The third-order valence-electron chi connectivity index (χ3n) is 5.03. The van der Waals surface area contributed by atoms with Crippen molar-refractivity contribution >= 4 is 17.5 Å². The number of likely N-dealkylation sites (tertiary alicyclic amines) is 2. The summed E-state index contributed by atoms with van der Waals surface area (Å²) in [6.07, 6.45) is 4.88. The normalized spacial score (nSPS) is 24.5. The molecule has 0 bridgehead atoms. The molecular weight excluding hydrogens is 296 g/mol. The summed E-state index contributed by atoms with van der Waals surface area (Å²) in [7, 11) is 0. The van der Waals surface area contributed by atoms with Crippen LogP contribution in [0, 0.1) is 5.92 Å². The third-order valence-corrected chi connectivity index (χ3v) is 5.26. The highest BCUT2D eigenvalue weighted by atomic mass is 35.5. The van der Waals surface area contributed by atoms with E-state index in [4.69, 9.17) is 11.6 Å². The molecule has 0 aliphatic carbocycles. The van der Waals surface area contributed by atoms with E-state index in [0.717, 1.165) is 31.8 Å². The fourth-order valence-electron chi connectivity index (χ4n) is 3.80. The summed E-state index contributed by atoms with van der Waals surface area (Å²) < 4.78 is 0. The van der Waals surface area contributed by atoms with Gasteiger partial charge in [0.05, 0.1) is 0 Å². The van der Waals surface area contributed by atoms with Crippen molar-refractivity contribution < 1.29 is 4.79 Å². The van der Waals surface area contributed by atoms with Gasteiger partial charge < -0.3 is 4.90 Å². The zero-order chi connectivity index (χ0) is 15.5. The molecule has 0 N–H and O–H groups in total. The molecule has 4 heteroatoms. The Labute approximate surface area is 138 Å². The number of halogens is 1. The van der Waals surface area contributed by atoms with E-state index in [1.807, 2.05) is 23.1 Å². The molecule has 120 valence electrons. The van der Waals surface area contributed by atoms with Crippen LogP contribution in [0.5, 0.6) is 0 Å². The van der Waals surface area contributed by atoms with Crippen LogP contribution in [-0.2, 0) is 0 Å². The highest BCUT2D eigenvalue weighted by Gasteiger charge is 2.29. The predicted octanol–water partition coefficient (Wildman–Crippen LogP) is 3.68. The first kappa shape index (κ1) is 15.8. The van der Waals surface area contributed by atoms with Gasteiger partial charge in [-0.15, -0.1) is 0 Å². The first-order chi connectivity index (χ1) is 10.6. The molecule has 1 amide bonds. The number of carbonyl (C=O) groups excluding carboxylic acids is 1. The number of benzene rings is 1. The van der Waals surface area contributed by atoms with Crippen LogP contribution in [0.1, 0.15) is 43.0 Å². The Morgan fingerprint density at radius 3 is 2.64 bits per heavy atom. The van der Waals surface area contributed by atoms with Crippen LogP contribution in [0.15, 0.2) is 24.3 Å². The van der Waals surface area contributed by atoms with Gasteiger partial charge in [-0.2, -0.15) is 0 Å².